The molecule has 1 saturated heterocycles. The van der Waals surface area contributed by atoms with Crippen LogP contribution >= 0.6 is 0 Å². The number of nitrogens with one attached hydrogen (secondary N) is 3. The van der Waals surface area contributed by atoms with Gasteiger partial charge in [0.25, 0.3) is 0 Å². The predicted molar refractivity (Wildman–Crippen MR) is 69.3 cm³/mol. The number of pyridine rings is 1. The van der Waals surface area contributed by atoms with E-state index in [1.807, 2.05) is 19.1 Å². The third-order valence-corrected chi connectivity index (χ3v) is 3.30. The van der Waals surface area contributed by atoms with Crippen LogP contribution in [0, 0.1) is 5.92 Å². The second-order valence-electron chi connectivity index (χ2n) is 4.70. The molecule has 1 aromatic heterocycles. The zero-order valence-corrected chi connectivity index (χ0v) is 10.8. The molecule has 98 valence electrons. The molecule has 3 atom stereocenters. The monoisotopic (exact) mass is 248 g/mol. The maximum atomic E-state index is 11.6. The van der Waals surface area contributed by atoms with Crippen LogP contribution in [0.4, 0.5) is 0 Å². The Morgan fingerprint density at radius 1 is 1.39 bits per heavy atom. The van der Waals surface area contributed by atoms with Crippen molar-refractivity contribution in [3.8, 4) is 0 Å². The number of hydrogen-bond acceptors (Lipinski definition) is 4. The summed E-state index contributed by atoms with van der Waals surface area (Å²) in [5.74, 6) is 0.382. The third kappa shape index (κ3) is 2.86. The van der Waals surface area contributed by atoms with E-state index in [1.54, 1.807) is 12.4 Å². The van der Waals surface area contributed by atoms with E-state index in [0.29, 0.717) is 6.42 Å². The molecular weight excluding hydrogens is 228 g/mol. The lowest BCUT2D eigenvalue weighted by Crippen LogP contribution is -2.46. The molecule has 1 fully saturated rings. The Morgan fingerprint density at radius 3 is 2.78 bits per heavy atom. The molecule has 3 unspecified atom stereocenters. The van der Waals surface area contributed by atoms with Crippen molar-refractivity contribution < 1.29 is 4.79 Å². The Morgan fingerprint density at radius 2 is 2.11 bits per heavy atom. The van der Waals surface area contributed by atoms with Gasteiger partial charge >= 0.3 is 0 Å². The first-order valence-corrected chi connectivity index (χ1v) is 6.42. The van der Waals surface area contributed by atoms with Gasteiger partial charge in [0.05, 0.1) is 12.2 Å². The molecule has 0 aromatic carbocycles. The average Bonchev–Trinajstić information content (AvgIpc) is 2.72. The van der Waals surface area contributed by atoms with Crippen LogP contribution in [0.2, 0.25) is 0 Å². The van der Waals surface area contributed by atoms with Crippen LogP contribution in [0.15, 0.2) is 24.5 Å². The molecule has 3 N–H and O–H groups in total. The van der Waals surface area contributed by atoms with Crippen molar-refractivity contribution in [2.24, 2.45) is 5.92 Å². The molecule has 2 rings (SSSR count). The normalized spacial score (nSPS) is 27.1. The number of amides is 1. The highest BCUT2D eigenvalue weighted by atomic mass is 16.1. The van der Waals surface area contributed by atoms with Crippen LogP contribution in [0.5, 0.6) is 0 Å². The molecule has 2 heterocycles. The predicted octanol–water partition coefficient (Wildman–Crippen LogP) is 1.11. The summed E-state index contributed by atoms with van der Waals surface area (Å²) >= 11 is 0. The SMILES string of the molecule is CCCC(=O)NC1NNC(c2ccncc2)C1C. The van der Waals surface area contributed by atoms with Gasteiger partial charge in [0.2, 0.25) is 5.91 Å². The van der Waals surface area contributed by atoms with E-state index in [4.69, 9.17) is 0 Å². The molecule has 5 heteroatoms. The number of carbonyl (C=O) groups excluding carboxylic acids is 1. The van der Waals surface area contributed by atoms with E-state index in [9.17, 15) is 4.79 Å². The molecule has 1 aromatic rings. The Labute approximate surface area is 107 Å². The highest BCUT2D eigenvalue weighted by Crippen LogP contribution is 2.26. The van der Waals surface area contributed by atoms with Crippen molar-refractivity contribution in [3.05, 3.63) is 30.1 Å². The van der Waals surface area contributed by atoms with Crippen molar-refractivity contribution in [2.45, 2.75) is 38.9 Å². The van der Waals surface area contributed by atoms with Gasteiger partial charge in [-0.05, 0) is 24.1 Å². The van der Waals surface area contributed by atoms with Crippen LogP contribution < -0.4 is 16.2 Å². The number of aromatic nitrogens is 1. The summed E-state index contributed by atoms with van der Waals surface area (Å²) in [6.45, 7) is 4.12. The summed E-state index contributed by atoms with van der Waals surface area (Å²) in [7, 11) is 0. The van der Waals surface area contributed by atoms with E-state index >= 15 is 0 Å². The fourth-order valence-electron chi connectivity index (χ4n) is 2.23. The first-order chi connectivity index (χ1) is 8.72. The lowest BCUT2D eigenvalue weighted by atomic mass is 9.95. The van der Waals surface area contributed by atoms with Gasteiger partial charge in [-0.25, -0.2) is 10.9 Å². The number of nitrogens with zero attached hydrogens (tertiary/aromatic N) is 1. The van der Waals surface area contributed by atoms with Gasteiger partial charge in [0.1, 0.15) is 0 Å². The molecule has 0 bridgehead atoms. The van der Waals surface area contributed by atoms with Crippen molar-refractivity contribution >= 4 is 5.91 Å². The number of hydrogen-bond donors (Lipinski definition) is 3. The molecule has 0 radical (unpaired) electrons. The average molecular weight is 248 g/mol. The molecule has 18 heavy (non-hydrogen) atoms. The summed E-state index contributed by atoms with van der Waals surface area (Å²) in [4.78, 5) is 15.6. The van der Waals surface area contributed by atoms with Crippen LogP contribution in [-0.2, 0) is 4.79 Å². The van der Waals surface area contributed by atoms with Crippen LogP contribution in [0.25, 0.3) is 0 Å². The molecule has 5 nitrogen and oxygen atoms in total. The minimum Gasteiger partial charge on any atom is -0.339 e. The zero-order valence-electron chi connectivity index (χ0n) is 10.8. The van der Waals surface area contributed by atoms with Gasteiger partial charge < -0.3 is 5.32 Å². The van der Waals surface area contributed by atoms with E-state index < -0.39 is 0 Å². The van der Waals surface area contributed by atoms with Crippen LogP contribution in [0.1, 0.15) is 38.3 Å². The molecule has 0 aliphatic carbocycles. The molecule has 1 amide bonds. The lowest BCUT2D eigenvalue weighted by molar-refractivity contribution is -0.122. The second kappa shape index (κ2) is 5.93. The third-order valence-electron chi connectivity index (χ3n) is 3.30. The number of rotatable bonds is 4. The smallest absolute Gasteiger partial charge is 0.221 e. The topological polar surface area (TPSA) is 66.1 Å². The largest absolute Gasteiger partial charge is 0.339 e. The van der Waals surface area contributed by atoms with E-state index in [2.05, 4.69) is 28.1 Å². The van der Waals surface area contributed by atoms with Gasteiger partial charge in [-0.2, -0.15) is 0 Å². The molecule has 1 aliphatic heterocycles. The Hall–Kier alpha value is -1.46. The molecule has 0 saturated carbocycles. The maximum Gasteiger partial charge on any atom is 0.221 e. The van der Waals surface area contributed by atoms with Crippen molar-refractivity contribution in [2.75, 3.05) is 0 Å². The van der Waals surface area contributed by atoms with Gasteiger partial charge in [0, 0.05) is 24.7 Å². The Kier molecular flexibility index (Phi) is 4.28. The lowest BCUT2D eigenvalue weighted by Gasteiger charge is -2.19. The van der Waals surface area contributed by atoms with Crippen molar-refractivity contribution in [1.29, 1.82) is 0 Å². The number of hydrazine groups is 1. The zero-order chi connectivity index (χ0) is 13.0. The highest BCUT2D eigenvalue weighted by molar-refractivity contribution is 5.76. The summed E-state index contributed by atoms with van der Waals surface area (Å²) in [6, 6.07) is 4.18. The Bertz CT molecular complexity index is 395. The van der Waals surface area contributed by atoms with Gasteiger partial charge in [-0.15, -0.1) is 0 Å². The fraction of sp³-hybridized carbons (Fsp3) is 0.538. The van der Waals surface area contributed by atoms with Gasteiger partial charge in [-0.1, -0.05) is 13.8 Å². The van der Waals surface area contributed by atoms with E-state index in [0.717, 1.165) is 6.42 Å². The maximum absolute atomic E-state index is 11.6. The first kappa shape index (κ1) is 13.0. The van der Waals surface area contributed by atoms with Crippen LogP contribution in [0.3, 0.4) is 0 Å². The van der Waals surface area contributed by atoms with Crippen molar-refractivity contribution in [1.82, 2.24) is 21.2 Å². The molecule has 1 aliphatic rings. The standard InChI is InChI=1S/C13H20N4O/c1-3-4-11(18)15-13-9(2)12(16-17-13)10-5-7-14-8-6-10/h5-9,12-13,16-17H,3-4H2,1-2H3,(H,15,18). The minimum atomic E-state index is -0.0257. The fourth-order valence-corrected chi connectivity index (χ4v) is 2.23. The highest BCUT2D eigenvalue weighted by Gasteiger charge is 2.33. The quantitative estimate of drug-likeness (QED) is 0.747. The Balaban J connectivity index is 1.97. The molecular formula is C13H20N4O. The molecule has 0 spiro atoms. The van der Waals surface area contributed by atoms with Crippen LogP contribution in [-0.4, -0.2) is 17.1 Å². The minimum absolute atomic E-state index is 0.0257. The van der Waals surface area contributed by atoms with E-state index in [1.165, 1.54) is 5.56 Å². The van der Waals surface area contributed by atoms with E-state index in [-0.39, 0.29) is 24.0 Å². The van der Waals surface area contributed by atoms with Gasteiger partial charge in [-0.3, -0.25) is 9.78 Å². The summed E-state index contributed by atoms with van der Waals surface area (Å²) in [5.41, 5.74) is 7.55. The number of carbonyl (C=O) groups is 1. The summed E-state index contributed by atoms with van der Waals surface area (Å²) < 4.78 is 0. The van der Waals surface area contributed by atoms with Crippen molar-refractivity contribution in [3.63, 3.8) is 0 Å². The summed E-state index contributed by atoms with van der Waals surface area (Å²) in [6.07, 6.45) is 4.99. The van der Waals surface area contributed by atoms with Gasteiger partial charge in [0.15, 0.2) is 0 Å². The first-order valence-electron chi connectivity index (χ1n) is 6.42. The second-order valence-corrected chi connectivity index (χ2v) is 4.70. The summed E-state index contributed by atoms with van der Waals surface area (Å²) in [5, 5.41) is 3.00.